The molecular weight excluding hydrogens is 525 g/mol. The number of carbonyl (C=O) groups is 1. The van der Waals surface area contributed by atoms with Crippen LogP contribution in [-0.2, 0) is 21.4 Å². The first-order valence-corrected chi connectivity index (χ1v) is 13.9. The summed E-state index contributed by atoms with van der Waals surface area (Å²) >= 11 is 7.90. The van der Waals surface area contributed by atoms with Gasteiger partial charge in [-0.2, -0.15) is 0 Å². The van der Waals surface area contributed by atoms with Crippen molar-refractivity contribution in [3.8, 4) is 10.4 Å². The number of rotatable bonds is 8. The quantitative estimate of drug-likeness (QED) is 0.305. The molecule has 0 aliphatic carbocycles. The fraction of sp³-hybridized carbons (Fsp3) is 0.130. The summed E-state index contributed by atoms with van der Waals surface area (Å²) in [5.74, 6) is -0.324. The molecular formula is C23H20N4O4S4. The summed E-state index contributed by atoms with van der Waals surface area (Å²) in [6.07, 6.45) is 1.54. The van der Waals surface area contributed by atoms with E-state index in [-0.39, 0.29) is 34.5 Å². The van der Waals surface area contributed by atoms with Gasteiger partial charge in [0.1, 0.15) is 0 Å². The average molecular weight is 545 g/mol. The Hall–Kier alpha value is -3.19. The molecule has 4 rings (SSSR count). The number of thiazole rings is 1. The summed E-state index contributed by atoms with van der Waals surface area (Å²) in [5.41, 5.74) is 2.22. The van der Waals surface area contributed by atoms with Crippen LogP contribution in [0.3, 0.4) is 0 Å². The number of hydrogen-bond acceptors (Lipinski definition) is 8. The predicted octanol–water partition coefficient (Wildman–Crippen LogP) is 4.90. The molecule has 2 aromatic heterocycles. The number of aryl methyl sites for hydroxylation is 1. The maximum atomic E-state index is 12.6. The van der Waals surface area contributed by atoms with Gasteiger partial charge >= 0.3 is 0 Å². The molecule has 2 aromatic carbocycles. The molecule has 0 saturated heterocycles. The Bertz CT molecular complexity index is 1530. The zero-order valence-electron chi connectivity index (χ0n) is 18.4. The van der Waals surface area contributed by atoms with E-state index in [1.807, 2.05) is 31.2 Å². The number of amides is 1. The fourth-order valence-electron chi connectivity index (χ4n) is 3.12. The Kier molecular flexibility index (Phi) is 7.55. The zero-order chi connectivity index (χ0) is 25.0. The van der Waals surface area contributed by atoms with Crippen molar-refractivity contribution >= 4 is 61.6 Å². The van der Waals surface area contributed by atoms with Gasteiger partial charge in [-0.1, -0.05) is 29.8 Å². The van der Waals surface area contributed by atoms with Crippen LogP contribution in [0.25, 0.3) is 10.4 Å². The summed E-state index contributed by atoms with van der Waals surface area (Å²) in [7, 11) is -3.77. The predicted molar refractivity (Wildman–Crippen MR) is 142 cm³/mol. The highest BCUT2D eigenvalue weighted by molar-refractivity contribution is 7.93. The lowest BCUT2D eigenvalue weighted by Crippen LogP contribution is -2.23. The van der Waals surface area contributed by atoms with Crippen LogP contribution in [-0.4, -0.2) is 23.9 Å². The van der Waals surface area contributed by atoms with Crippen LogP contribution in [0.5, 0.6) is 0 Å². The van der Waals surface area contributed by atoms with Crippen LogP contribution >= 0.6 is 34.9 Å². The van der Waals surface area contributed by atoms with Crippen molar-refractivity contribution in [2.45, 2.75) is 24.8 Å². The van der Waals surface area contributed by atoms with Crippen LogP contribution in [0.4, 0.5) is 10.8 Å². The summed E-state index contributed by atoms with van der Waals surface area (Å²) in [4.78, 5) is 29.8. The maximum absolute atomic E-state index is 12.6. The minimum atomic E-state index is -3.77. The largest absolute Gasteiger partial charge is 0.326 e. The van der Waals surface area contributed by atoms with Crippen LogP contribution < -0.4 is 15.6 Å². The third kappa shape index (κ3) is 6.28. The highest BCUT2D eigenvalue weighted by Crippen LogP contribution is 2.23. The minimum Gasteiger partial charge on any atom is -0.326 e. The molecule has 0 unspecified atom stereocenters. The van der Waals surface area contributed by atoms with Gasteiger partial charge in [0.2, 0.25) is 5.91 Å². The summed E-state index contributed by atoms with van der Waals surface area (Å²) < 4.78 is 29.0. The van der Waals surface area contributed by atoms with Crippen LogP contribution in [0, 0.1) is 10.9 Å². The van der Waals surface area contributed by atoms with Gasteiger partial charge in [-0.05, 0) is 49.0 Å². The SMILES string of the molecule is Cc1ccc(-c2cc(=O)n(CCC(=O)Nc3ccc(S(=O)(=O)Nc4nccs4)cc3)c(=S)s2)cc1. The second-order valence-corrected chi connectivity index (χ2v) is 11.8. The van der Waals surface area contributed by atoms with E-state index in [2.05, 4.69) is 15.0 Å². The monoisotopic (exact) mass is 544 g/mol. The van der Waals surface area contributed by atoms with Crippen molar-refractivity contribution in [1.82, 2.24) is 9.55 Å². The Balaban J connectivity index is 1.38. The molecule has 0 aliphatic rings. The number of nitrogens with zero attached hydrogens (tertiary/aromatic N) is 2. The molecule has 2 heterocycles. The molecule has 12 heteroatoms. The Labute approximate surface area is 215 Å². The number of anilines is 2. The van der Waals surface area contributed by atoms with E-state index < -0.39 is 10.0 Å². The van der Waals surface area contributed by atoms with Gasteiger partial charge in [0.05, 0.1) is 4.90 Å². The third-order valence-corrected chi connectivity index (χ3v) is 8.55. The maximum Gasteiger partial charge on any atom is 0.263 e. The van der Waals surface area contributed by atoms with Crippen molar-refractivity contribution in [2.24, 2.45) is 0 Å². The van der Waals surface area contributed by atoms with Gasteiger partial charge in [0.15, 0.2) is 9.09 Å². The van der Waals surface area contributed by atoms with E-state index in [0.717, 1.165) is 16.0 Å². The normalized spacial score (nSPS) is 11.2. The van der Waals surface area contributed by atoms with Crippen molar-refractivity contribution in [3.05, 3.63) is 86.0 Å². The molecule has 180 valence electrons. The van der Waals surface area contributed by atoms with E-state index in [4.69, 9.17) is 12.2 Å². The Morgan fingerprint density at radius 1 is 1.11 bits per heavy atom. The molecule has 0 bridgehead atoms. The third-order valence-electron chi connectivity index (χ3n) is 4.94. The first-order valence-electron chi connectivity index (χ1n) is 10.4. The summed E-state index contributed by atoms with van der Waals surface area (Å²) in [6.45, 7) is 2.13. The molecule has 35 heavy (non-hydrogen) atoms. The molecule has 1 amide bonds. The van der Waals surface area contributed by atoms with Crippen molar-refractivity contribution in [1.29, 1.82) is 0 Å². The smallest absolute Gasteiger partial charge is 0.263 e. The van der Waals surface area contributed by atoms with Gasteiger partial charge in [0.25, 0.3) is 15.6 Å². The molecule has 0 radical (unpaired) electrons. The minimum absolute atomic E-state index is 0.0335. The molecule has 2 N–H and O–H groups in total. The molecule has 0 atom stereocenters. The van der Waals surface area contributed by atoms with E-state index in [0.29, 0.717) is 9.64 Å². The number of hydrogen-bond donors (Lipinski definition) is 2. The molecule has 8 nitrogen and oxygen atoms in total. The van der Waals surface area contributed by atoms with E-state index in [1.54, 1.807) is 5.38 Å². The first-order chi connectivity index (χ1) is 16.7. The van der Waals surface area contributed by atoms with E-state index >= 15 is 0 Å². The Morgan fingerprint density at radius 3 is 2.46 bits per heavy atom. The van der Waals surface area contributed by atoms with Gasteiger partial charge in [-0.25, -0.2) is 13.4 Å². The number of benzene rings is 2. The van der Waals surface area contributed by atoms with Gasteiger partial charge < -0.3 is 5.32 Å². The number of aromatic nitrogens is 2. The van der Waals surface area contributed by atoms with Gasteiger partial charge in [0, 0.05) is 41.2 Å². The van der Waals surface area contributed by atoms with Crippen LogP contribution in [0.2, 0.25) is 0 Å². The standard InChI is InChI=1S/C23H20N4O4S4/c1-15-2-4-16(5-3-15)19-14-21(29)27(23(32)34-19)12-10-20(28)25-17-6-8-18(9-7-17)35(30,31)26-22-24-11-13-33-22/h2-9,11,13-14H,10,12H2,1H3,(H,24,26)(H,25,28). The number of sulfonamides is 1. The van der Waals surface area contributed by atoms with Gasteiger partial charge in [-0.15, -0.1) is 22.7 Å². The first kappa shape index (κ1) is 24.9. The van der Waals surface area contributed by atoms with Crippen LogP contribution in [0.15, 0.2) is 75.9 Å². The Morgan fingerprint density at radius 2 is 1.83 bits per heavy atom. The topological polar surface area (TPSA) is 110 Å². The number of nitrogens with one attached hydrogen (secondary N) is 2. The lowest BCUT2D eigenvalue weighted by atomic mass is 10.1. The van der Waals surface area contributed by atoms with E-state index in [9.17, 15) is 18.0 Å². The molecule has 0 fully saturated rings. The second kappa shape index (κ2) is 10.6. The fourth-order valence-corrected chi connectivity index (χ4v) is 6.25. The van der Waals surface area contributed by atoms with Gasteiger partial charge in [-0.3, -0.25) is 18.9 Å². The lowest BCUT2D eigenvalue weighted by Gasteiger charge is -2.09. The zero-order valence-corrected chi connectivity index (χ0v) is 21.7. The van der Waals surface area contributed by atoms with Crippen molar-refractivity contribution in [3.63, 3.8) is 0 Å². The molecule has 0 aliphatic heterocycles. The molecule has 0 saturated carbocycles. The molecule has 4 aromatic rings. The average Bonchev–Trinajstić information content (AvgIpc) is 3.31. The summed E-state index contributed by atoms with van der Waals surface area (Å²) in [5, 5.41) is 4.64. The van der Waals surface area contributed by atoms with Crippen molar-refractivity contribution < 1.29 is 13.2 Å². The van der Waals surface area contributed by atoms with E-state index in [1.165, 1.54) is 63.8 Å². The summed E-state index contributed by atoms with van der Waals surface area (Å²) in [6, 6.07) is 15.1. The molecule has 0 spiro atoms. The second-order valence-electron chi connectivity index (χ2n) is 7.50. The van der Waals surface area contributed by atoms with Crippen LogP contribution in [0.1, 0.15) is 12.0 Å². The lowest BCUT2D eigenvalue weighted by molar-refractivity contribution is -0.116. The highest BCUT2D eigenvalue weighted by atomic mass is 32.2. The van der Waals surface area contributed by atoms with Crippen molar-refractivity contribution in [2.75, 3.05) is 10.0 Å². The highest BCUT2D eigenvalue weighted by Gasteiger charge is 2.15. The number of carbonyl (C=O) groups excluding carboxylic acids is 1.